The van der Waals surface area contributed by atoms with Gasteiger partial charge in [-0.15, -0.1) is 0 Å². The molecule has 0 aromatic heterocycles. The molecule has 0 radical (unpaired) electrons. The van der Waals surface area contributed by atoms with Gasteiger partial charge in [0.1, 0.15) is 0 Å². The molecule has 1 aliphatic carbocycles. The fraction of sp³-hybridized carbons (Fsp3) is 0.375. The van der Waals surface area contributed by atoms with Crippen molar-refractivity contribution in [2.45, 2.75) is 6.42 Å². The van der Waals surface area contributed by atoms with E-state index in [9.17, 15) is 0 Å². The van der Waals surface area contributed by atoms with Gasteiger partial charge in [0.15, 0.2) is 0 Å². The number of nitrogens with zero attached hydrogens (tertiary/aromatic N) is 3. The Morgan fingerprint density at radius 2 is 1.88 bits per heavy atom. The van der Waals surface area contributed by atoms with Crippen LogP contribution in [0.15, 0.2) is 22.9 Å². The first kappa shape index (κ1) is 25.1. The van der Waals surface area contributed by atoms with Crippen LogP contribution in [0.2, 0.25) is 0 Å². The van der Waals surface area contributed by atoms with Gasteiger partial charge < -0.3 is 40.7 Å². The number of allylic oxidation sites excluding steroid dienone is 3. The molecule has 0 saturated carbocycles. The van der Waals surface area contributed by atoms with E-state index in [1.807, 2.05) is 25.1 Å². The van der Waals surface area contributed by atoms with Gasteiger partial charge in [0.25, 0.3) is 5.71 Å². The molecule has 2 N–H and O–H groups in total. The fourth-order valence-corrected chi connectivity index (χ4v) is 1.42. The van der Waals surface area contributed by atoms with Crippen LogP contribution in [0, 0.1) is 0 Å². The van der Waals surface area contributed by atoms with Gasteiger partial charge in [-0.2, -0.15) is 4.79 Å². The molecule has 0 bridgehead atoms. The first-order valence-corrected chi connectivity index (χ1v) is 3.99. The Balaban J connectivity index is -0.000000180. The summed E-state index contributed by atoms with van der Waals surface area (Å²) in [5.41, 5.74) is 10.0. The van der Waals surface area contributed by atoms with Crippen LogP contribution in [-0.4, -0.2) is 35.0 Å². The summed E-state index contributed by atoms with van der Waals surface area (Å²) in [7, 11) is 3.84. The first-order valence-electron chi connectivity index (χ1n) is 3.61. The quantitative estimate of drug-likeness (QED) is 0.268. The molecule has 1 rings (SSSR count). The molecule has 0 amide bonds. The van der Waals surface area contributed by atoms with E-state index in [1.54, 1.807) is 6.08 Å². The average molecular weight is 338 g/mol. The van der Waals surface area contributed by atoms with Crippen LogP contribution in [-0.2, 0) is 19.5 Å². The van der Waals surface area contributed by atoms with Crippen molar-refractivity contribution in [1.82, 2.24) is 4.90 Å². The Kier molecular flexibility index (Phi) is 18.2. The molecular weight excluding hydrogens is 326 g/mol. The van der Waals surface area contributed by atoms with E-state index in [4.69, 9.17) is 17.1 Å². The van der Waals surface area contributed by atoms with Crippen molar-refractivity contribution in [3.8, 4) is 0 Å². The predicted octanol–water partition coefficient (Wildman–Crippen LogP) is -5.19. The summed E-state index contributed by atoms with van der Waals surface area (Å²) >= 11 is 5.91. The summed E-state index contributed by atoms with van der Waals surface area (Å²) in [4.78, 5) is 5.01. The second-order valence-corrected chi connectivity index (χ2v) is 3.18. The van der Waals surface area contributed by atoms with Crippen molar-refractivity contribution in [2.24, 2.45) is 0 Å². The molecule has 0 heterocycles. The van der Waals surface area contributed by atoms with Crippen molar-refractivity contribution in [3.63, 3.8) is 0 Å². The summed E-state index contributed by atoms with van der Waals surface area (Å²) in [6.07, 6.45) is 4.22. The topological polar surface area (TPSA) is 71.1 Å². The molecule has 0 unspecified atom stereocenters. The second kappa shape index (κ2) is 11.6. The van der Waals surface area contributed by atoms with Crippen LogP contribution < -0.4 is 24.8 Å². The fourth-order valence-electron chi connectivity index (χ4n) is 1.04. The zero-order valence-corrected chi connectivity index (χ0v) is 14.3. The van der Waals surface area contributed by atoms with Gasteiger partial charge in [-0.05, 0) is 6.08 Å². The van der Waals surface area contributed by atoms with Gasteiger partial charge in [0, 0.05) is 20.2 Å². The van der Waals surface area contributed by atoms with Crippen LogP contribution in [0.5, 0.6) is 0 Å². The van der Waals surface area contributed by atoms with E-state index in [2.05, 4.69) is 4.79 Å². The van der Waals surface area contributed by atoms with E-state index in [1.165, 1.54) is 0 Å². The maximum atomic E-state index is 8.48. The molecule has 16 heavy (non-hydrogen) atoms. The molecule has 88 valence electrons. The Bertz CT molecular complexity index is 312. The molecule has 0 atom stereocenters. The largest absolute Gasteiger partial charge is 2.00 e. The molecule has 8 heteroatoms. The van der Waals surface area contributed by atoms with Gasteiger partial charge in [0.2, 0.25) is 0 Å². The number of hydrogen-bond donors (Lipinski definition) is 0. The Labute approximate surface area is 125 Å². The molecular formula is C8H12Cl3N3OZn. The van der Waals surface area contributed by atoms with E-state index < -0.39 is 0 Å². The first-order chi connectivity index (χ1) is 5.65. The van der Waals surface area contributed by atoms with Crippen LogP contribution >= 0.6 is 11.6 Å². The van der Waals surface area contributed by atoms with Crippen molar-refractivity contribution in [3.05, 3.63) is 28.4 Å². The SMILES string of the molecule is CN(C)C1=CCC(=[N+]=[N-])C=C1Cl.O.[Cl-].[Cl-].[Zn+2]. The Hall–Kier alpha value is 0.113. The van der Waals surface area contributed by atoms with Gasteiger partial charge in [-0.3, -0.25) is 0 Å². The van der Waals surface area contributed by atoms with Crippen LogP contribution in [0.25, 0.3) is 5.53 Å². The number of rotatable bonds is 1. The predicted molar refractivity (Wildman–Crippen MR) is 52.6 cm³/mol. The minimum absolute atomic E-state index is 0. The minimum Gasteiger partial charge on any atom is -1.00 e. The zero-order valence-electron chi connectivity index (χ0n) is 9.04. The summed E-state index contributed by atoms with van der Waals surface area (Å²) in [6.45, 7) is 0. The summed E-state index contributed by atoms with van der Waals surface area (Å²) in [6, 6.07) is 0. The zero-order chi connectivity index (χ0) is 9.14. The minimum atomic E-state index is 0. The number of halogens is 3. The second-order valence-electron chi connectivity index (χ2n) is 2.77. The van der Waals surface area contributed by atoms with E-state index in [-0.39, 0.29) is 49.8 Å². The number of hydrogen-bond acceptors (Lipinski definition) is 1. The molecule has 0 aliphatic heterocycles. The molecule has 0 aromatic carbocycles. The monoisotopic (exact) mass is 335 g/mol. The van der Waals surface area contributed by atoms with Gasteiger partial charge in [0.05, 0.1) is 17.2 Å². The summed E-state index contributed by atoms with van der Waals surface area (Å²) < 4.78 is 0. The third kappa shape index (κ3) is 6.64. The smallest absolute Gasteiger partial charge is 1.00 e. The van der Waals surface area contributed by atoms with Crippen molar-refractivity contribution >= 4 is 17.3 Å². The molecule has 0 fully saturated rings. The van der Waals surface area contributed by atoms with Crippen molar-refractivity contribution < 1.29 is 54.6 Å². The molecule has 0 saturated heterocycles. The van der Waals surface area contributed by atoms with E-state index in [0.29, 0.717) is 17.2 Å². The summed E-state index contributed by atoms with van der Waals surface area (Å²) in [5, 5.41) is 0.610. The van der Waals surface area contributed by atoms with Gasteiger partial charge in [-0.25, -0.2) is 0 Å². The Morgan fingerprint density at radius 1 is 1.38 bits per heavy atom. The normalized spacial score (nSPS) is 12.3. The van der Waals surface area contributed by atoms with Gasteiger partial charge >= 0.3 is 19.5 Å². The van der Waals surface area contributed by atoms with E-state index in [0.717, 1.165) is 5.70 Å². The van der Waals surface area contributed by atoms with Crippen molar-refractivity contribution in [2.75, 3.05) is 14.1 Å². The summed E-state index contributed by atoms with van der Waals surface area (Å²) in [5.74, 6) is 0. The molecule has 4 nitrogen and oxygen atoms in total. The van der Waals surface area contributed by atoms with Crippen molar-refractivity contribution in [1.29, 1.82) is 0 Å². The molecule has 1 aliphatic rings. The Morgan fingerprint density at radius 3 is 2.19 bits per heavy atom. The molecule has 0 aromatic rings. The third-order valence-corrected chi connectivity index (χ3v) is 1.96. The maximum Gasteiger partial charge on any atom is 2.00 e. The van der Waals surface area contributed by atoms with Crippen LogP contribution in [0.3, 0.4) is 0 Å². The van der Waals surface area contributed by atoms with E-state index >= 15 is 0 Å². The van der Waals surface area contributed by atoms with Crippen LogP contribution in [0.4, 0.5) is 0 Å². The standard InChI is InChI=1S/C8H10ClN3.2ClH.H2O.Zn/c1-12(2)8-4-3-6(11-10)5-7(8)9;;;;/h4-5H,3H2,1-2H3;2*1H;1H2;/q;;;;+2/p-2. The van der Waals surface area contributed by atoms with Crippen LogP contribution in [0.1, 0.15) is 6.42 Å². The third-order valence-electron chi connectivity index (χ3n) is 1.65. The molecule has 0 spiro atoms. The maximum absolute atomic E-state index is 8.48. The number of likely N-dealkylation sites (N-methyl/N-ethyl adjacent to an activating group) is 1. The average Bonchev–Trinajstić information content (AvgIpc) is 2.03. The van der Waals surface area contributed by atoms with Gasteiger partial charge in [-0.1, -0.05) is 11.6 Å².